The van der Waals surface area contributed by atoms with E-state index in [9.17, 15) is 20.2 Å². The summed E-state index contributed by atoms with van der Waals surface area (Å²) in [4.78, 5) is 20.2. The molecule has 1 aromatic rings. The number of hydrogen-bond acceptors (Lipinski definition) is 5. The van der Waals surface area contributed by atoms with Crippen LogP contribution in [0.3, 0.4) is 0 Å². The number of halogens is 1. The highest BCUT2D eigenvalue weighted by Crippen LogP contribution is 2.46. The maximum atomic E-state index is 10.9. The van der Waals surface area contributed by atoms with Gasteiger partial charge < -0.3 is 4.74 Å². The van der Waals surface area contributed by atoms with Crippen molar-refractivity contribution in [1.82, 2.24) is 0 Å². The number of rotatable bonds is 3. The quantitative estimate of drug-likeness (QED) is 0.632. The number of benzene rings is 1. The van der Waals surface area contributed by atoms with Gasteiger partial charge in [0, 0.05) is 5.56 Å². The summed E-state index contributed by atoms with van der Waals surface area (Å²) >= 11 is 3.01. The van der Waals surface area contributed by atoms with Gasteiger partial charge in [0.1, 0.15) is 4.47 Å². The van der Waals surface area contributed by atoms with Crippen LogP contribution in [-0.2, 0) is 0 Å². The minimum Gasteiger partial charge on any atom is -0.490 e. The van der Waals surface area contributed by atoms with Crippen LogP contribution in [0.2, 0.25) is 0 Å². The third-order valence-electron chi connectivity index (χ3n) is 2.45. The summed E-state index contributed by atoms with van der Waals surface area (Å²) in [6, 6.07) is 0. The molecule has 7 nitrogen and oxygen atoms in total. The topological polar surface area (TPSA) is 95.5 Å². The van der Waals surface area contributed by atoms with Crippen molar-refractivity contribution >= 4 is 27.3 Å². The average Bonchev–Trinajstić information content (AvgIpc) is 2.24. The van der Waals surface area contributed by atoms with Gasteiger partial charge in [-0.15, -0.1) is 0 Å². The van der Waals surface area contributed by atoms with Crippen molar-refractivity contribution in [3.8, 4) is 5.75 Å². The van der Waals surface area contributed by atoms with E-state index in [0.29, 0.717) is 11.1 Å². The molecule has 0 spiro atoms. The molecule has 0 amide bonds. The molecule has 8 heteroatoms. The van der Waals surface area contributed by atoms with Gasteiger partial charge in [0.2, 0.25) is 5.75 Å². The Morgan fingerprint density at radius 1 is 1.06 bits per heavy atom. The van der Waals surface area contributed by atoms with Crippen molar-refractivity contribution in [2.45, 2.75) is 13.8 Å². The first-order valence-corrected chi connectivity index (χ1v) is 5.27. The number of nitrogens with zero attached hydrogens (tertiary/aromatic N) is 2. The Hall–Kier alpha value is -1.70. The number of nitro groups is 2. The molecule has 17 heavy (non-hydrogen) atoms. The van der Waals surface area contributed by atoms with E-state index in [1.165, 1.54) is 7.11 Å². The molecule has 0 bridgehead atoms. The fourth-order valence-electron chi connectivity index (χ4n) is 1.49. The van der Waals surface area contributed by atoms with Gasteiger partial charge in [0.15, 0.2) is 0 Å². The molecule has 0 aliphatic rings. The van der Waals surface area contributed by atoms with E-state index in [4.69, 9.17) is 4.74 Å². The van der Waals surface area contributed by atoms with Crippen LogP contribution in [0, 0.1) is 34.1 Å². The maximum Gasteiger partial charge on any atom is 0.388 e. The lowest BCUT2D eigenvalue weighted by Crippen LogP contribution is -2.04. The first kappa shape index (κ1) is 13.4. The van der Waals surface area contributed by atoms with Crippen LogP contribution < -0.4 is 4.74 Å². The molecule has 1 aromatic carbocycles. The Labute approximate surface area is 105 Å². The minimum absolute atomic E-state index is 0.0811. The molecule has 0 fully saturated rings. The molecule has 0 aromatic heterocycles. The number of methoxy groups -OCH3 is 1. The van der Waals surface area contributed by atoms with Gasteiger partial charge in [-0.25, -0.2) is 0 Å². The predicted molar refractivity (Wildman–Crippen MR) is 63.5 cm³/mol. The van der Waals surface area contributed by atoms with Crippen LogP contribution in [-0.4, -0.2) is 17.0 Å². The van der Waals surface area contributed by atoms with E-state index >= 15 is 0 Å². The summed E-state index contributed by atoms with van der Waals surface area (Å²) in [6.07, 6.45) is 0. The van der Waals surface area contributed by atoms with Crippen LogP contribution in [0.25, 0.3) is 0 Å². The summed E-state index contributed by atoms with van der Waals surface area (Å²) in [5.41, 5.74) is -0.182. The average molecular weight is 305 g/mol. The summed E-state index contributed by atoms with van der Waals surface area (Å²) in [7, 11) is 1.24. The Kier molecular flexibility index (Phi) is 3.66. The van der Waals surface area contributed by atoms with E-state index in [1.54, 1.807) is 13.8 Å². The molecular weight excluding hydrogens is 296 g/mol. The predicted octanol–water partition coefficient (Wildman–Crippen LogP) is 2.89. The lowest BCUT2D eigenvalue weighted by molar-refractivity contribution is -0.423. The summed E-state index contributed by atoms with van der Waals surface area (Å²) in [6.45, 7) is 3.23. The second-order valence-corrected chi connectivity index (χ2v) is 4.10. The fourth-order valence-corrected chi connectivity index (χ4v) is 2.12. The molecule has 0 saturated heterocycles. The number of ether oxygens (including phenoxy) is 1. The molecule has 0 aliphatic carbocycles. The van der Waals surface area contributed by atoms with Crippen molar-refractivity contribution in [1.29, 1.82) is 0 Å². The van der Waals surface area contributed by atoms with Crippen LogP contribution in [0.5, 0.6) is 5.75 Å². The summed E-state index contributed by atoms with van der Waals surface area (Å²) in [5, 5.41) is 21.8. The SMILES string of the molecule is COc1c(C)c(C)c(Br)c([N+](=O)[O-])c1[N+](=O)[O-]. The lowest BCUT2D eigenvalue weighted by atomic mass is 10.1. The van der Waals surface area contributed by atoms with Crippen molar-refractivity contribution in [3.05, 3.63) is 35.8 Å². The smallest absolute Gasteiger partial charge is 0.388 e. The molecule has 0 atom stereocenters. The van der Waals surface area contributed by atoms with Crippen molar-refractivity contribution < 1.29 is 14.6 Å². The van der Waals surface area contributed by atoms with E-state index in [2.05, 4.69) is 15.9 Å². The van der Waals surface area contributed by atoms with Gasteiger partial charge in [-0.3, -0.25) is 20.2 Å². The third kappa shape index (κ3) is 2.07. The maximum absolute atomic E-state index is 10.9. The fraction of sp³-hybridized carbons (Fsp3) is 0.333. The molecule has 0 saturated carbocycles. The Morgan fingerprint density at radius 3 is 1.88 bits per heavy atom. The van der Waals surface area contributed by atoms with Crippen molar-refractivity contribution in [2.75, 3.05) is 7.11 Å². The Morgan fingerprint density at radius 2 is 1.53 bits per heavy atom. The van der Waals surface area contributed by atoms with Gasteiger partial charge in [-0.05, 0) is 35.3 Å². The standard InChI is InChI=1S/C9H9BrN2O5/c1-4-5(2)9(17-3)8(12(15)16)7(6(4)10)11(13)14/h1-3H3. The van der Waals surface area contributed by atoms with E-state index in [-0.39, 0.29) is 10.2 Å². The zero-order valence-corrected chi connectivity index (χ0v) is 10.9. The van der Waals surface area contributed by atoms with E-state index in [0.717, 1.165) is 0 Å². The first-order chi connectivity index (χ1) is 7.82. The molecule has 0 N–H and O–H groups in total. The van der Waals surface area contributed by atoms with E-state index in [1.807, 2.05) is 0 Å². The third-order valence-corrected chi connectivity index (χ3v) is 3.42. The molecule has 0 aliphatic heterocycles. The van der Waals surface area contributed by atoms with Gasteiger partial charge in [-0.2, -0.15) is 0 Å². The van der Waals surface area contributed by atoms with Gasteiger partial charge >= 0.3 is 11.4 Å². The number of nitro benzene ring substituents is 2. The summed E-state index contributed by atoms with van der Waals surface area (Å²) in [5.74, 6) is -0.0811. The highest BCUT2D eigenvalue weighted by molar-refractivity contribution is 9.10. The van der Waals surface area contributed by atoms with Gasteiger partial charge in [0.05, 0.1) is 17.0 Å². The molecule has 92 valence electrons. The normalized spacial score (nSPS) is 10.1. The molecule has 0 heterocycles. The van der Waals surface area contributed by atoms with Crippen molar-refractivity contribution in [2.24, 2.45) is 0 Å². The Balaban J connectivity index is 3.86. The largest absolute Gasteiger partial charge is 0.490 e. The minimum atomic E-state index is -0.811. The summed E-state index contributed by atoms with van der Waals surface area (Å²) < 4.78 is 5.00. The molecule has 1 rings (SSSR count). The van der Waals surface area contributed by atoms with Gasteiger partial charge in [-0.1, -0.05) is 0 Å². The lowest BCUT2D eigenvalue weighted by Gasteiger charge is -2.10. The highest BCUT2D eigenvalue weighted by atomic mass is 79.9. The zero-order chi connectivity index (χ0) is 13.3. The highest BCUT2D eigenvalue weighted by Gasteiger charge is 2.36. The molecule has 0 unspecified atom stereocenters. The Bertz CT molecular complexity index is 515. The van der Waals surface area contributed by atoms with Crippen LogP contribution in [0.1, 0.15) is 11.1 Å². The molecular formula is C9H9BrN2O5. The van der Waals surface area contributed by atoms with Crippen LogP contribution >= 0.6 is 15.9 Å². The van der Waals surface area contributed by atoms with Crippen molar-refractivity contribution in [3.63, 3.8) is 0 Å². The number of hydrogen-bond donors (Lipinski definition) is 0. The molecule has 0 radical (unpaired) electrons. The monoisotopic (exact) mass is 304 g/mol. The second kappa shape index (κ2) is 4.66. The first-order valence-electron chi connectivity index (χ1n) is 4.48. The van der Waals surface area contributed by atoms with Gasteiger partial charge in [0.25, 0.3) is 0 Å². The van der Waals surface area contributed by atoms with Crippen LogP contribution in [0.15, 0.2) is 4.47 Å². The second-order valence-electron chi connectivity index (χ2n) is 3.31. The zero-order valence-electron chi connectivity index (χ0n) is 9.31. The van der Waals surface area contributed by atoms with E-state index < -0.39 is 21.2 Å². The van der Waals surface area contributed by atoms with Crippen LogP contribution in [0.4, 0.5) is 11.4 Å².